The molecule has 1 aromatic rings. The summed E-state index contributed by atoms with van der Waals surface area (Å²) in [7, 11) is 0. The lowest BCUT2D eigenvalue weighted by Crippen LogP contribution is -2.08. The van der Waals surface area contributed by atoms with E-state index in [-0.39, 0.29) is 11.3 Å². The minimum atomic E-state index is -1.23. The molecule has 0 saturated carbocycles. The third-order valence-corrected chi connectivity index (χ3v) is 3.96. The van der Waals surface area contributed by atoms with Gasteiger partial charge in [-0.05, 0) is 12.5 Å². The van der Waals surface area contributed by atoms with Crippen molar-refractivity contribution in [1.82, 2.24) is 0 Å². The lowest BCUT2D eigenvalue weighted by molar-refractivity contribution is -0.268. The van der Waals surface area contributed by atoms with Crippen LogP contribution in [0, 0.1) is 0 Å². The van der Waals surface area contributed by atoms with E-state index in [1.165, 1.54) is 63.5 Å². The zero-order valence-electron chi connectivity index (χ0n) is 14.2. The molecule has 0 saturated heterocycles. The van der Waals surface area contributed by atoms with E-state index in [4.69, 9.17) is 9.84 Å². The first-order valence-corrected chi connectivity index (χ1v) is 8.83. The van der Waals surface area contributed by atoms with Crippen LogP contribution in [0.1, 0.15) is 81.5 Å². The standard InChI is InChI=1S/C19H30O4/c1-2-3-4-5-6-7-8-9-10-11-15-23-17-14-12-13-16(20)18(17)19(21)22/h12-14,20H,2-11,15H2,1H3,(H,21,22)/p-1. The molecule has 0 unspecified atom stereocenters. The van der Waals surface area contributed by atoms with Gasteiger partial charge >= 0.3 is 5.97 Å². The number of hydrogen-bond acceptors (Lipinski definition) is 3. The second kappa shape index (κ2) is 11.8. The Bertz CT molecular complexity index is 457. The highest BCUT2D eigenvalue weighted by atomic mass is 16.5. The quantitative estimate of drug-likeness (QED) is 0.532. The van der Waals surface area contributed by atoms with E-state index in [2.05, 4.69) is 6.92 Å². The van der Waals surface area contributed by atoms with Crippen molar-refractivity contribution in [2.24, 2.45) is 0 Å². The third kappa shape index (κ3) is 7.91. The van der Waals surface area contributed by atoms with E-state index >= 15 is 0 Å². The molecule has 0 aromatic heterocycles. The van der Waals surface area contributed by atoms with Crippen LogP contribution in [-0.4, -0.2) is 17.7 Å². The molecule has 0 radical (unpaired) electrons. The lowest BCUT2D eigenvalue weighted by Gasteiger charge is -2.15. The first kappa shape index (κ1) is 19.3. The third-order valence-electron chi connectivity index (χ3n) is 3.96. The molecule has 1 N–H and O–H groups in total. The Labute approximate surface area is 139 Å². The van der Waals surface area contributed by atoms with Crippen molar-refractivity contribution in [1.29, 1.82) is 0 Å². The summed E-state index contributed by atoms with van der Waals surface area (Å²) >= 11 is 0. The minimum Gasteiger partial charge on any atom is -0.872 e. The van der Waals surface area contributed by atoms with Gasteiger partial charge in [-0.3, -0.25) is 0 Å². The van der Waals surface area contributed by atoms with Crippen molar-refractivity contribution in [2.75, 3.05) is 6.61 Å². The Morgan fingerprint density at radius 3 is 2.13 bits per heavy atom. The molecule has 0 spiro atoms. The maximum Gasteiger partial charge on any atom is 0.338 e. The number of aromatic carboxylic acids is 1. The molecule has 4 nitrogen and oxygen atoms in total. The van der Waals surface area contributed by atoms with E-state index in [1.807, 2.05) is 0 Å². The molecule has 0 fully saturated rings. The van der Waals surface area contributed by atoms with Gasteiger partial charge in [0, 0.05) is 0 Å². The Balaban J connectivity index is 2.10. The van der Waals surface area contributed by atoms with Crippen molar-refractivity contribution in [3.8, 4) is 11.5 Å². The summed E-state index contributed by atoms with van der Waals surface area (Å²) in [6, 6.07) is 4.32. The molecule has 0 amide bonds. The van der Waals surface area contributed by atoms with Gasteiger partial charge in [-0.25, -0.2) is 4.79 Å². The number of carboxylic acid groups (broad SMARTS) is 1. The lowest BCUT2D eigenvalue weighted by atomic mass is 10.1. The normalized spacial score (nSPS) is 10.7. The zero-order valence-corrected chi connectivity index (χ0v) is 14.2. The average Bonchev–Trinajstić information content (AvgIpc) is 2.52. The predicted molar refractivity (Wildman–Crippen MR) is 90.2 cm³/mol. The van der Waals surface area contributed by atoms with Crippen LogP contribution in [0.5, 0.6) is 11.5 Å². The van der Waals surface area contributed by atoms with Crippen molar-refractivity contribution < 1.29 is 19.7 Å². The van der Waals surface area contributed by atoms with Crippen molar-refractivity contribution in [2.45, 2.75) is 71.1 Å². The van der Waals surface area contributed by atoms with E-state index in [9.17, 15) is 9.90 Å². The van der Waals surface area contributed by atoms with E-state index < -0.39 is 11.7 Å². The molecule has 0 bridgehead atoms. The highest BCUT2D eigenvalue weighted by Crippen LogP contribution is 2.25. The van der Waals surface area contributed by atoms with Crippen molar-refractivity contribution in [3.63, 3.8) is 0 Å². The molecule has 23 heavy (non-hydrogen) atoms. The topological polar surface area (TPSA) is 69.6 Å². The first-order valence-electron chi connectivity index (χ1n) is 8.83. The Morgan fingerprint density at radius 1 is 1.00 bits per heavy atom. The van der Waals surface area contributed by atoms with E-state index in [1.54, 1.807) is 6.07 Å². The second-order valence-electron chi connectivity index (χ2n) is 5.96. The summed E-state index contributed by atoms with van der Waals surface area (Å²) in [6.45, 7) is 2.69. The number of rotatable bonds is 13. The number of benzene rings is 1. The molecular weight excluding hydrogens is 292 g/mol. The highest BCUT2D eigenvalue weighted by molar-refractivity contribution is 5.93. The molecule has 1 rings (SSSR count). The van der Waals surface area contributed by atoms with Crippen LogP contribution in [0.2, 0.25) is 0 Å². The van der Waals surface area contributed by atoms with Crippen molar-refractivity contribution in [3.05, 3.63) is 23.8 Å². The molecule has 4 heteroatoms. The van der Waals surface area contributed by atoms with Gasteiger partial charge in [0.15, 0.2) is 0 Å². The fraction of sp³-hybridized carbons (Fsp3) is 0.632. The molecular formula is C19H29O4-. The molecule has 130 valence electrons. The fourth-order valence-corrected chi connectivity index (χ4v) is 2.61. The SMILES string of the molecule is CCCCCCCCCCCCOc1cccc([O-])c1C(=O)O. The predicted octanol–water partition coefficient (Wildman–Crippen LogP) is 4.76. The average molecular weight is 321 g/mol. The smallest absolute Gasteiger partial charge is 0.338 e. The van der Waals surface area contributed by atoms with E-state index in [0.29, 0.717) is 6.61 Å². The van der Waals surface area contributed by atoms with Crippen LogP contribution in [-0.2, 0) is 0 Å². The van der Waals surface area contributed by atoms with Crippen LogP contribution in [0.15, 0.2) is 18.2 Å². The summed E-state index contributed by atoms with van der Waals surface area (Å²) in [6.07, 6.45) is 12.4. The van der Waals surface area contributed by atoms with Gasteiger partial charge in [0.1, 0.15) is 5.75 Å². The van der Waals surface area contributed by atoms with Gasteiger partial charge in [0.25, 0.3) is 0 Å². The maximum absolute atomic E-state index is 11.5. The number of ether oxygens (including phenoxy) is 1. The largest absolute Gasteiger partial charge is 0.872 e. The van der Waals surface area contributed by atoms with Gasteiger partial charge in [-0.15, -0.1) is 0 Å². The van der Waals surface area contributed by atoms with Gasteiger partial charge in [0.05, 0.1) is 12.2 Å². The fourth-order valence-electron chi connectivity index (χ4n) is 2.61. The van der Waals surface area contributed by atoms with Crippen LogP contribution >= 0.6 is 0 Å². The Kier molecular flexibility index (Phi) is 9.92. The summed E-state index contributed by atoms with van der Waals surface area (Å²) in [5.41, 5.74) is -0.264. The first-order chi connectivity index (χ1) is 11.2. The highest BCUT2D eigenvalue weighted by Gasteiger charge is 2.11. The van der Waals surface area contributed by atoms with E-state index in [0.717, 1.165) is 12.8 Å². The molecule has 1 aromatic carbocycles. The minimum absolute atomic E-state index is 0.181. The van der Waals surface area contributed by atoms with Gasteiger partial charge in [-0.1, -0.05) is 82.6 Å². The molecule has 0 aliphatic rings. The summed E-state index contributed by atoms with van der Waals surface area (Å²) in [5.74, 6) is -1.55. The van der Waals surface area contributed by atoms with Gasteiger partial charge in [0.2, 0.25) is 0 Å². The monoisotopic (exact) mass is 321 g/mol. The van der Waals surface area contributed by atoms with Crippen LogP contribution in [0.25, 0.3) is 0 Å². The number of unbranched alkanes of at least 4 members (excludes halogenated alkanes) is 9. The molecule has 0 aliphatic carbocycles. The summed E-state index contributed by atoms with van der Waals surface area (Å²) in [5, 5.41) is 20.6. The summed E-state index contributed by atoms with van der Waals surface area (Å²) < 4.78 is 5.47. The van der Waals surface area contributed by atoms with Crippen LogP contribution < -0.4 is 9.84 Å². The van der Waals surface area contributed by atoms with Gasteiger partial charge in [-0.2, -0.15) is 0 Å². The maximum atomic E-state index is 11.5. The Hall–Kier alpha value is -1.71. The van der Waals surface area contributed by atoms with Crippen LogP contribution in [0.3, 0.4) is 0 Å². The van der Waals surface area contributed by atoms with Crippen molar-refractivity contribution >= 4 is 5.97 Å². The molecule has 0 heterocycles. The summed E-state index contributed by atoms with van der Waals surface area (Å²) in [4.78, 5) is 11.1. The second-order valence-corrected chi connectivity index (χ2v) is 5.96. The Morgan fingerprint density at radius 2 is 1.57 bits per heavy atom. The number of carbonyl (C=O) groups is 1. The zero-order chi connectivity index (χ0) is 16.9. The molecule has 0 atom stereocenters. The van der Waals surface area contributed by atoms with Gasteiger partial charge < -0.3 is 14.9 Å². The number of carboxylic acids is 1. The van der Waals surface area contributed by atoms with Crippen LogP contribution in [0.4, 0.5) is 0 Å². The number of hydrogen-bond donors (Lipinski definition) is 1. The molecule has 0 aliphatic heterocycles.